The Morgan fingerprint density at radius 1 is 0.933 bits per heavy atom. The summed E-state index contributed by atoms with van der Waals surface area (Å²) in [6.45, 7) is 0.440. The molecular weight excluding hydrogens is 534 g/mol. The van der Waals surface area contributed by atoms with E-state index in [1.54, 1.807) is 13.4 Å². The molecule has 4 aromatic rings. The zero-order valence-corrected chi connectivity index (χ0v) is 19.9. The quantitative estimate of drug-likeness (QED) is 0.282. The fraction of sp³-hybridized carbons (Fsp3) is 0.0909. The van der Waals surface area contributed by atoms with Crippen LogP contribution in [0.2, 0.25) is 0 Å². The molecule has 1 heterocycles. The Bertz CT molecular complexity index is 1170. The van der Waals surface area contributed by atoms with Crippen LogP contribution in [0.15, 0.2) is 75.9 Å². The Labute approximate surface area is 197 Å². The van der Waals surface area contributed by atoms with Crippen LogP contribution < -0.4 is 14.8 Å². The fourth-order valence-electron chi connectivity index (χ4n) is 2.90. The lowest BCUT2D eigenvalue weighted by Crippen LogP contribution is -2.00. The minimum absolute atomic E-state index is 0. The molecule has 1 aromatic heterocycles. The standard InChI is InChI=1S/C22H17Br2N3O2.ClH/c1-28-21-11-16(7-9-20(21)29-12-14-4-2-3-5-18(14)24)27-22-17-10-15(23)6-8-19(17)25-13-26-22;/h2-11,13H,12H2,1H3,(H,25,26,27);1H. The van der Waals surface area contributed by atoms with Crippen LogP contribution in [-0.2, 0) is 6.61 Å². The first kappa shape index (κ1) is 22.3. The van der Waals surface area contributed by atoms with Gasteiger partial charge in [0, 0.05) is 31.6 Å². The number of anilines is 2. The Morgan fingerprint density at radius 3 is 2.57 bits per heavy atom. The molecule has 0 bridgehead atoms. The molecule has 0 aliphatic carbocycles. The Morgan fingerprint density at radius 2 is 1.77 bits per heavy atom. The maximum Gasteiger partial charge on any atom is 0.162 e. The van der Waals surface area contributed by atoms with Gasteiger partial charge in [-0.25, -0.2) is 9.97 Å². The first-order valence-electron chi connectivity index (χ1n) is 8.85. The van der Waals surface area contributed by atoms with E-state index >= 15 is 0 Å². The molecule has 0 unspecified atom stereocenters. The number of ether oxygens (including phenoxy) is 2. The number of aromatic nitrogens is 2. The zero-order chi connectivity index (χ0) is 20.2. The lowest BCUT2D eigenvalue weighted by molar-refractivity contribution is 0.284. The van der Waals surface area contributed by atoms with Gasteiger partial charge in [-0.05, 0) is 36.4 Å². The molecule has 154 valence electrons. The molecule has 1 N–H and O–H groups in total. The van der Waals surface area contributed by atoms with Crippen molar-refractivity contribution in [1.82, 2.24) is 9.97 Å². The van der Waals surface area contributed by atoms with E-state index in [-0.39, 0.29) is 12.4 Å². The average Bonchev–Trinajstić information content (AvgIpc) is 2.74. The molecule has 0 amide bonds. The van der Waals surface area contributed by atoms with Gasteiger partial charge in [-0.1, -0.05) is 50.1 Å². The lowest BCUT2D eigenvalue weighted by atomic mass is 10.2. The van der Waals surface area contributed by atoms with Crippen LogP contribution in [0.1, 0.15) is 5.56 Å². The predicted octanol–water partition coefficient (Wildman–Crippen LogP) is 6.91. The molecule has 4 rings (SSSR count). The predicted molar refractivity (Wildman–Crippen MR) is 129 cm³/mol. The largest absolute Gasteiger partial charge is 0.493 e. The molecule has 0 aliphatic rings. The highest BCUT2D eigenvalue weighted by Crippen LogP contribution is 2.33. The van der Waals surface area contributed by atoms with Gasteiger partial charge < -0.3 is 14.8 Å². The van der Waals surface area contributed by atoms with E-state index in [0.717, 1.165) is 36.9 Å². The lowest BCUT2D eigenvalue weighted by Gasteiger charge is -2.14. The highest BCUT2D eigenvalue weighted by molar-refractivity contribution is 9.10. The Kier molecular flexibility index (Phi) is 7.53. The SMILES string of the molecule is COc1cc(Nc2ncnc3ccc(Br)cc23)ccc1OCc1ccccc1Br.Cl. The molecule has 3 aromatic carbocycles. The van der Waals surface area contributed by atoms with E-state index < -0.39 is 0 Å². The number of hydrogen-bond donors (Lipinski definition) is 1. The van der Waals surface area contributed by atoms with Crippen molar-refractivity contribution < 1.29 is 9.47 Å². The molecule has 0 spiro atoms. The molecule has 0 saturated carbocycles. The number of nitrogens with zero attached hydrogens (tertiary/aromatic N) is 2. The summed E-state index contributed by atoms with van der Waals surface area (Å²) < 4.78 is 13.5. The van der Waals surface area contributed by atoms with Crippen molar-refractivity contribution >= 4 is 66.7 Å². The van der Waals surface area contributed by atoms with Gasteiger partial charge in [0.1, 0.15) is 18.8 Å². The van der Waals surface area contributed by atoms with Crippen molar-refractivity contribution in [3.63, 3.8) is 0 Å². The molecule has 5 nitrogen and oxygen atoms in total. The van der Waals surface area contributed by atoms with E-state index in [2.05, 4.69) is 47.1 Å². The second-order valence-electron chi connectivity index (χ2n) is 6.25. The summed E-state index contributed by atoms with van der Waals surface area (Å²) in [7, 11) is 1.63. The van der Waals surface area contributed by atoms with Crippen LogP contribution in [0.5, 0.6) is 11.5 Å². The Hall–Kier alpha value is -2.35. The highest BCUT2D eigenvalue weighted by Gasteiger charge is 2.10. The number of rotatable bonds is 6. The van der Waals surface area contributed by atoms with E-state index in [0.29, 0.717) is 18.1 Å². The third kappa shape index (κ3) is 5.03. The van der Waals surface area contributed by atoms with E-state index in [1.165, 1.54) is 0 Å². The van der Waals surface area contributed by atoms with Gasteiger partial charge in [-0.15, -0.1) is 12.4 Å². The second-order valence-corrected chi connectivity index (χ2v) is 8.02. The highest BCUT2D eigenvalue weighted by atomic mass is 79.9. The van der Waals surface area contributed by atoms with Gasteiger partial charge in [0.2, 0.25) is 0 Å². The van der Waals surface area contributed by atoms with Crippen molar-refractivity contribution in [1.29, 1.82) is 0 Å². The van der Waals surface area contributed by atoms with Crippen LogP contribution in [0.3, 0.4) is 0 Å². The number of hydrogen-bond acceptors (Lipinski definition) is 5. The van der Waals surface area contributed by atoms with Crippen LogP contribution in [0.4, 0.5) is 11.5 Å². The van der Waals surface area contributed by atoms with Crippen LogP contribution in [-0.4, -0.2) is 17.1 Å². The van der Waals surface area contributed by atoms with Crippen LogP contribution in [0, 0.1) is 0 Å². The average molecular weight is 552 g/mol. The van der Waals surface area contributed by atoms with Gasteiger partial charge in [-0.2, -0.15) is 0 Å². The van der Waals surface area contributed by atoms with Gasteiger partial charge in [0.25, 0.3) is 0 Å². The van der Waals surface area contributed by atoms with E-state index in [1.807, 2.05) is 60.7 Å². The first-order chi connectivity index (χ1) is 14.1. The van der Waals surface area contributed by atoms with E-state index in [9.17, 15) is 0 Å². The zero-order valence-electron chi connectivity index (χ0n) is 15.9. The van der Waals surface area contributed by atoms with Crippen LogP contribution >= 0.6 is 44.3 Å². The summed E-state index contributed by atoms with van der Waals surface area (Å²) in [5.41, 5.74) is 2.77. The second kappa shape index (κ2) is 10.1. The van der Waals surface area contributed by atoms with Gasteiger partial charge in [0.05, 0.1) is 12.6 Å². The number of nitrogens with one attached hydrogen (secondary N) is 1. The maximum absolute atomic E-state index is 5.97. The summed E-state index contributed by atoms with van der Waals surface area (Å²) in [6, 6.07) is 19.6. The van der Waals surface area contributed by atoms with Crippen LogP contribution in [0.25, 0.3) is 10.9 Å². The van der Waals surface area contributed by atoms with Crippen molar-refractivity contribution in [3.05, 3.63) is 81.5 Å². The van der Waals surface area contributed by atoms with E-state index in [4.69, 9.17) is 9.47 Å². The number of halogens is 3. The first-order valence-corrected chi connectivity index (χ1v) is 10.4. The molecule has 0 fully saturated rings. The third-order valence-corrected chi connectivity index (χ3v) is 5.63. The molecule has 0 saturated heterocycles. The smallest absolute Gasteiger partial charge is 0.162 e. The van der Waals surface area contributed by atoms with Gasteiger partial charge in [-0.3, -0.25) is 0 Å². The summed E-state index contributed by atoms with van der Waals surface area (Å²) in [4.78, 5) is 8.70. The number of fused-ring (bicyclic) bond motifs is 1. The summed E-state index contributed by atoms with van der Waals surface area (Å²) in [5.74, 6) is 2.03. The maximum atomic E-state index is 5.97. The van der Waals surface area contributed by atoms with Crippen molar-refractivity contribution in [2.24, 2.45) is 0 Å². The normalized spacial score (nSPS) is 10.4. The molecular formula is C22H18Br2ClN3O2. The van der Waals surface area contributed by atoms with Crippen molar-refractivity contribution in [3.8, 4) is 11.5 Å². The fourth-order valence-corrected chi connectivity index (χ4v) is 3.66. The number of benzene rings is 3. The van der Waals surface area contributed by atoms with Crippen molar-refractivity contribution in [2.75, 3.05) is 12.4 Å². The minimum atomic E-state index is 0. The summed E-state index contributed by atoms with van der Waals surface area (Å²) >= 11 is 7.04. The third-order valence-electron chi connectivity index (χ3n) is 4.36. The molecule has 8 heteroatoms. The van der Waals surface area contributed by atoms with Gasteiger partial charge in [0.15, 0.2) is 11.5 Å². The molecule has 0 atom stereocenters. The molecule has 30 heavy (non-hydrogen) atoms. The topological polar surface area (TPSA) is 56.3 Å². The molecule has 0 radical (unpaired) electrons. The summed E-state index contributed by atoms with van der Waals surface area (Å²) in [5, 5.41) is 4.27. The molecule has 0 aliphatic heterocycles. The van der Waals surface area contributed by atoms with Crippen molar-refractivity contribution in [2.45, 2.75) is 6.61 Å². The van der Waals surface area contributed by atoms with Gasteiger partial charge >= 0.3 is 0 Å². The summed E-state index contributed by atoms with van der Waals surface area (Å²) in [6.07, 6.45) is 1.55. The minimum Gasteiger partial charge on any atom is -0.493 e. The Balaban J connectivity index is 0.00000256. The monoisotopic (exact) mass is 549 g/mol. The number of methoxy groups -OCH3 is 1.